The summed E-state index contributed by atoms with van der Waals surface area (Å²) in [5.74, 6) is 0.679. The molecule has 0 amide bonds. The van der Waals surface area contributed by atoms with Gasteiger partial charge in [-0.25, -0.2) is 4.98 Å². The molecule has 1 heterocycles. The Morgan fingerprint density at radius 2 is 1.90 bits per heavy atom. The highest BCUT2D eigenvalue weighted by atomic mass is 15.0. The first-order valence-electron chi connectivity index (χ1n) is 8.32. The minimum absolute atomic E-state index is 0.509. The topological polar surface area (TPSA) is 17.8 Å². The predicted molar refractivity (Wildman–Crippen MR) is 89.3 cm³/mol. The summed E-state index contributed by atoms with van der Waals surface area (Å²) in [5.41, 5.74) is 1.45. The summed E-state index contributed by atoms with van der Waals surface area (Å²) in [6.07, 6.45) is 13.7. The maximum atomic E-state index is 4.21. The summed E-state index contributed by atoms with van der Waals surface area (Å²) in [6, 6.07) is 11.4. The van der Waals surface area contributed by atoms with Gasteiger partial charge in [0.15, 0.2) is 0 Å². The Morgan fingerprint density at radius 1 is 1.10 bits per heavy atom. The monoisotopic (exact) mass is 284 g/mol. The maximum absolute atomic E-state index is 4.21. The molecular weight excluding hydrogens is 256 g/mol. The zero-order valence-corrected chi connectivity index (χ0v) is 13.4. The van der Waals surface area contributed by atoms with Gasteiger partial charge >= 0.3 is 0 Å². The average Bonchev–Trinajstić information content (AvgIpc) is 3.05. The van der Waals surface area contributed by atoms with Crippen LogP contribution in [0.3, 0.4) is 0 Å². The lowest BCUT2D eigenvalue weighted by Gasteiger charge is -2.25. The Bertz CT molecular complexity index is 476. The van der Waals surface area contributed by atoms with Gasteiger partial charge in [-0.05, 0) is 31.2 Å². The van der Waals surface area contributed by atoms with Gasteiger partial charge in [-0.3, -0.25) is 0 Å². The van der Waals surface area contributed by atoms with E-state index >= 15 is 0 Å². The first kappa shape index (κ1) is 15.8. The van der Waals surface area contributed by atoms with Crippen LogP contribution in [0.2, 0.25) is 0 Å². The smallest absolute Gasteiger partial charge is 0.0948 e. The molecule has 0 N–H and O–H groups in total. The Hall–Kier alpha value is -1.57. The van der Waals surface area contributed by atoms with Crippen molar-refractivity contribution in [3.8, 4) is 0 Å². The standard InChI is InChI=1S/C19H28N2/c1-3-4-5-9-12-19(15-18-10-7-6-8-11-18)17(2)21-14-13-20-16-21/h6-8,10-11,13-14,16-17,19H,3-5,9,12,15H2,1-2H3. The zero-order chi connectivity index (χ0) is 14.9. The molecule has 114 valence electrons. The summed E-state index contributed by atoms with van der Waals surface area (Å²) < 4.78 is 2.26. The molecule has 0 aliphatic carbocycles. The van der Waals surface area contributed by atoms with Gasteiger partial charge in [-0.15, -0.1) is 0 Å². The first-order valence-corrected chi connectivity index (χ1v) is 8.32. The molecule has 0 spiro atoms. The second-order valence-electron chi connectivity index (χ2n) is 6.05. The van der Waals surface area contributed by atoms with Gasteiger partial charge in [0.1, 0.15) is 0 Å². The van der Waals surface area contributed by atoms with Gasteiger partial charge in [-0.1, -0.05) is 62.9 Å². The van der Waals surface area contributed by atoms with Gasteiger partial charge in [0.25, 0.3) is 0 Å². The van der Waals surface area contributed by atoms with Crippen LogP contribution in [0.5, 0.6) is 0 Å². The number of rotatable bonds is 9. The van der Waals surface area contributed by atoms with Gasteiger partial charge in [0, 0.05) is 18.4 Å². The second-order valence-corrected chi connectivity index (χ2v) is 6.05. The third-order valence-corrected chi connectivity index (χ3v) is 4.45. The van der Waals surface area contributed by atoms with Crippen molar-refractivity contribution in [2.24, 2.45) is 5.92 Å². The van der Waals surface area contributed by atoms with Crippen LogP contribution in [-0.4, -0.2) is 9.55 Å². The number of benzene rings is 1. The van der Waals surface area contributed by atoms with Gasteiger partial charge in [-0.2, -0.15) is 0 Å². The van der Waals surface area contributed by atoms with Crippen molar-refractivity contribution in [3.05, 3.63) is 54.6 Å². The van der Waals surface area contributed by atoms with E-state index < -0.39 is 0 Å². The minimum atomic E-state index is 0.509. The van der Waals surface area contributed by atoms with Crippen molar-refractivity contribution in [2.75, 3.05) is 0 Å². The number of hydrogen-bond donors (Lipinski definition) is 0. The SMILES string of the molecule is CCCCCCC(Cc1ccccc1)C(C)n1ccnc1. The molecule has 0 saturated heterocycles. The molecule has 0 fully saturated rings. The van der Waals surface area contributed by atoms with Crippen LogP contribution in [0.15, 0.2) is 49.1 Å². The van der Waals surface area contributed by atoms with Crippen LogP contribution < -0.4 is 0 Å². The van der Waals surface area contributed by atoms with Crippen LogP contribution in [0, 0.1) is 5.92 Å². The van der Waals surface area contributed by atoms with Crippen molar-refractivity contribution >= 4 is 0 Å². The van der Waals surface area contributed by atoms with Crippen LogP contribution in [-0.2, 0) is 6.42 Å². The van der Waals surface area contributed by atoms with Crippen molar-refractivity contribution < 1.29 is 0 Å². The molecule has 1 aromatic heterocycles. The van der Waals surface area contributed by atoms with E-state index in [1.54, 1.807) is 0 Å². The van der Waals surface area contributed by atoms with E-state index in [4.69, 9.17) is 0 Å². The molecule has 0 aliphatic heterocycles. The van der Waals surface area contributed by atoms with Crippen molar-refractivity contribution in [1.82, 2.24) is 9.55 Å². The molecule has 0 radical (unpaired) electrons. The van der Waals surface area contributed by atoms with E-state index in [0.717, 1.165) is 6.42 Å². The summed E-state index contributed by atoms with van der Waals surface area (Å²) in [5, 5.41) is 0. The first-order chi connectivity index (χ1) is 10.3. The molecule has 2 unspecified atom stereocenters. The Morgan fingerprint density at radius 3 is 2.57 bits per heavy atom. The van der Waals surface area contributed by atoms with Gasteiger partial charge in [0.05, 0.1) is 6.33 Å². The highest BCUT2D eigenvalue weighted by Crippen LogP contribution is 2.27. The minimum Gasteiger partial charge on any atom is -0.334 e. The second kappa shape index (κ2) is 8.66. The van der Waals surface area contributed by atoms with Crippen LogP contribution in [0.4, 0.5) is 0 Å². The third-order valence-electron chi connectivity index (χ3n) is 4.45. The number of unbranched alkanes of at least 4 members (excludes halogenated alkanes) is 3. The van der Waals surface area contributed by atoms with E-state index in [1.165, 1.54) is 37.7 Å². The number of aromatic nitrogens is 2. The van der Waals surface area contributed by atoms with E-state index in [1.807, 2.05) is 12.5 Å². The fraction of sp³-hybridized carbons (Fsp3) is 0.526. The summed E-state index contributed by atoms with van der Waals surface area (Å²) >= 11 is 0. The van der Waals surface area contributed by atoms with E-state index in [9.17, 15) is 0 Å². The average molecular weight is 284 g/mol. The van der Waals surface area contributed by atoms with Crippen LogP contribution >= 0.6 is 0 Å². The molecule has 1 aromatic carbocycles. The molecule has 0 aliphatic rings. The molecule has 2 nitrogen and oxygen atoms in total. The maximum Gasteiger partial charge on any atom is 0.0948 e. The quantitative estimate of drug-likeness (QED) is 0.573. The Labute approximate surface area is 129 Å². The largest absolute Gasteiger partial charge is 0.334 e. The third kappa shape index (κ3) is 5.04. The number of hydrogen-bond acceptors (Lipinski definition) is 1. The Balaban J connectivity index is 1.99. The van der Waals surface area contributed by atoms with Crippen LogP contribution in [0.1, 0.15) is 57.6 Å². The zero-order valence-electron chi connectivity index (χ0n) is 13.4. The fourth-order valence-electron chi connectivity index (χ4n) is 3.02. The fourth-order valence-corrected chi connectivity index (χ4v) is 3.02. The van der Waals surface area contributed by atoms with Gasteiger partial charge < -0.3 is 4.57 Å². The number of nitrogens with zero attached hydrogens (tertiary/aromatic N) is 2. The number of imidazole rings is 1. The van der Waals surface area contributed by atoms with Crippen molar-refractivity contribution in [1.29, 1.82) is 0 Å². The van der Waals surface area contributed by atoms with Crippen LogP contribution in [0.25, 0.3) is 0 Å². The highest BCUT2D eigenvalue weighted by Gasteiger charge is 2.18. The lowest BCUT2D eigenvalue weighted by atomic mass is 9.88. The van der Waals surface area contributed by atoms with E-state index in [0.29, 0.717) is 12.0 Å². The molecule has 0 bridgehead atoms. The lowest BCUT2D eigenvalue weighted by molar-refractivity contribution is 0.319. The molecule has 2 rings (SSSR count). The molecule has 2 aromatic rings. The lowest BCUT2D eigenvalue weighted by Crippen LogP contribution is -2.18. The molecule has 2 heteroatoms. The van der Waals surface area contributed by atoms with E-state index in [2.05, 4.69) is 59.9 Å². The van der Waals surface area contributed by atoms with Crippen molar-refractivity contribution in [2.45, 2.75) is 58.4 Å². The molecule has 21 heavy (non-hydrogen) atoms. The molecule has 2 atom stereocenters. The summed E-state index contributed by atoms with van der Waals surface area (Å²) in [7, 11) is 0. The molecular formula is C19H28N2. The summed E-state index contributed by atoms with van der Waals surface area (Å²) in [6.45, 7) is 4.60. The highest BCUT2D eigenvalue weighted by molar-refractivity contribution is 5.15. The van der Waals surface area contributed by atoms with Gasteiger partial charge in [0.2, 0.25) is 0 Å². The summed E-state index contributed by atoms with van der Waals surface area (Å²) in [4.78, 5) is 4.21. The van der Waals surface area contributed by atoms with Crippen molar-refractivity contribution in [3.63, 3.8) is 0 Å². The normalized spacial score (nSPS) is 14.0. The van der Waals surface area contributed by atoms with E-state index in [-0.39, 0.29) is 0 Å². The Kier molecular flexibility index (Phi) is 6.52. The predicted octanol–water partition coefficient (Wildman–Crippen LogP) is 5.27. The molecule has 0 saturated carbocycles.